The molecule has 0 amide bonds. The molecule has 0 radical (unpaired) electrons. The average Bonchev–Trinajstić information content (AvgIpc) is 3.44. The van der Waals surface area contributed by atoms with Gasteiger partial charge < -0.3 is 11.5 Å². The van der Waals surface area contributed by atoms with Gasteiger partial charge in [-0.3, -0.25) is 0 Å². The summed E-state index contributed by atoms with van der Waals surface area (Å²) in [4.78, 5) is 9.36. The van der Waals surface area contributed by atoms with Crippen LogP contribution in [0.25, 0.3) is 21.5 Å². The van der Waals surface area contributed by atoms with E-state index in [1.54, 1.807) is 43.5 Å². The van der Waals surface area contributed by atoms with Crippen LogP contribution in [0.4, 0.5) is 0 Å². The van der Waals surface area contributed by atoms with E-state index < -0.39 is 10.0 Å². The van der Waals surface area contributed by atoms with Gasteiger partial charge in [-0.25, -0.2) is 13.9 Å². The van der Waals surface area contributed by atoms with Gasteiger partial charge in [-0.15, -0.1) is 16.4 Å². The molecule has 4 aromatic rings. The second-order valence-corrected chi connectivity index (χ2v) is 10.5. The van der Waals surface area contributed by atoms with Crippen molar-refractivity contribution in [1.29, 1.82) is 0 Å². The summed E-state index contributed by atoms with van der Waals surface area (Å²) >= 11 is 2.58. The van der Waals surface area contributed by atoms with E-state index in [9.17, 15) is 8.42 Å². The summed E-state index contributed by atoms with van der Waals surface area (Å²) in [5, 5.41) is 9.03. The highest BCUT2D eigenvalue weighted by Gasteiger charge is 2.24. The molecule has 0 saturated heterocycles. The van der Waals surface area contributed by atoms with Crippen molar-refractivity contribution in [2.24, 2.45) is 21.7 Å². The van der Waals surface area contributed by atoms with E-state index in [4.69, 9.17) is 11.5 Å². The quantitative estimate of drug-likeness (QED) is 0.140. The highest BCUT2D eigenvalue weighted by molar-refractivity contribution is 7.98. The van der Waals surface area contributed by atoms with E-state index in [1.807, 2.05) is 18.4 Å². The molecule has 1 aromatic carbocycles. The maximum atomic E-state index is 13.5. The third kappa shape index (κ3) is 4.11. The van der Waals surface area contributed by atoms with Crippen LogP contribution in [0, 0.1) is 0 Å². The molecule has 0 atom stereocenters. The van der Waals surface area contributed by atoms with Crippen molar-refractivity contribution in [3.8, 4) is 10.6 Å². The van der Waals surface area contributed by atoms with Gasteiger partial charge in [0.2, 0.25) is 5.96 Å². The van der Waals surface area contributed by atoms with Crippen LogP contribution in [0.2, 0.25) is 0 Å². The Hall–Kier alpha value is -3.22. The number of rotatable bonds is 6. The molecular formula is C20H19N7O2S3. The third-order valence-electron chi connectivity index (χ3n) is 4.55. The molecular weight excluding hydrogens is 466 g/mol. The van der Waals surface area contributed by atoms with Crippen LogP contribution in [-0.4, -0.2) is 40.3 Å². The number of aromatic nitrogens is 3. The lowest BCUT2D eigenvalue weighted by molar-refractivity contribution is 0.591. The minimum absolute atomic E-state index is 0.179. The van der Waals surface area contributed by atoms with Crippen molar-refractivity contribution in [1.82, 2.24) is 13.9 Å². The second-order valence-electron chi connectivity index (χ2n) is 6.62. The van der Waals surface area contributed by atoms with Gasteiger partial charge in [-0.05, 0) is 37.4 Å². The Morgan fingerprint density at radius 2 is 1.91 bits per heavy atom. The summed E-state index contributed by atoms with van der Waals surface area (Å²) in [6.07, 6.45) is 5.08. The zero-order valence-corrected chi connectivity index (χ0v) is 19.6. The van der Waals surface area contributed by atoms with Crippen LogP contribution in [-0.2, 0) is 10.0 Å². The summed E-state index contributed by atoms with van der Waals surface area (Å²) in [5.41, 5.74) is 13.0. The van der Waals surface area contributed by atoms with Crippen molar-refractivity contribution < 1.29 is 8.42 Å². The van der Waals surface area contributed by atoms with Gasteiger partial charge in [0, 0.05) is 23.3 Å². The van der Waals surface area contributed by atoms with Crippen LogP contribution < -0.4 is 11.5 Å². The number of hydrogen-bond acceptors (Lipinski definition) is 8. The minimum Gasteiger partial charge on any atom is -0.369 e. The van der Waals surface area contributed by atoms with E-state index >= 15 is 0 Å². The molecule has 0 saturated carbocycles. The van der Waals surface area contributed by atoms with E-state index in [1.165, 1.54) is 21.9 Å². The normalized spacial score (nSPS) is 12.2. The van der Waals surface area contributed by atoms with Crippen LogP contribution >= 0.6 is 23.1 Å². The van der Waals surface area contributed by atoms with E-state index in [0.717, 1.165) is 21.6 Å². The number of benzene rings is 1. The van der Waals surface area contributed by atoms with E-state index in [2.05, 4.69) is 20.2 Å². The Labute approximate surface area is 193 Å². The lowest BCUT2D eigenvalue weighted by atomic mass is 10.1. The predicted octanol–water partition coefficient (Wildman–Crippen LogP) is 3.12. The van der Waals surface area contributed by atoms with Gasteiger partial charge in [0.15, 0.2) is 5.16 Å². The smallest absolute Gasteiger partial charge is 0.277 e. The summed E-state index contributed by atoms with van der Waals surface area (Å²) in [6.45, 7) is 1.72. The zero-order valence-electron chi connectivity index (χ0n) is 17.1. The second kappa shape index (κ2) is 8.73. The lowest BCUT2D eigenvalue weighted by Crippen LogP contribution is -2.22. The van der Waals surface area contributed by atoms with Gasteiger partial charge >= 0.3 is 0 Å². The summed E-state index contributed by atoms with van der Waals surface area (Å²) in [6, 6.07) is 12.3. The largest absolute Gasteiger partial charge is 0.369 e. The first-order valence-electron chi connectivity index (χ1n) is 9.27. The third-order valence-corrected chi connectivity index (χ3v) is 8.36. The standard InChI is InChI=1S/C20H19N7O2S3/c1-12(25-26-19(21)22)14-11-27(16-6-4-3-5-13(14)16)32(28,29)18-8-7-17(31-18)15-9-10-23-20(24-15)30-2/h3-11H,1-2H3,(H4,21,22,26). The maximum absolute atomic E-state index is 13.5. The number of para-hydroxylation sites is 1. The number of guanidine groups is 1. The molecule has 12 heteroatoms. The van der Waals surface area contributed by atoms with Crippen molar-refractivity contribution >= 4 is 55.7 Å². The number of fused-ring (bicyclic) bond motifs is 1. The SMILES string of the molecule is CSc1nccc(-c2ccc(S(=O)(=O)n3cc(C(C)=NN=C(N)N)c4ccccc43)s2)n1. The van der Waals surface area contributed by atoms with Crippen LogP contribution in [0.5, 0.6) is 0 Å². The number of nitrogens with zero attached hydrogens (tertiary/aromatic N) is 5. The Bertz CT molecular complexity index is 1470. The van der Waals surface area contributed by atoms with Gasteiger partial charge in [0.05, 0.1) is 21.8 Å². The first kappa shape index (κ1) is 22.0. The first-order chi connectivity index (χ1) is 15.3. The van der Waals surface area contributed by atoms with Gasteiger partial charge in [0.25, 0.3) is 10.0 Å². The molecule has 0 aliphatic carbocycles. The summed E-state index contributed by atoms with van der Waals surface area (Å²) in [5.74, 6) is -0.179. The molecule has 0 spiro atoms. The van der Waals surface area contributed by atoms with Crippen molar-refractivity contribution in [3.05, 3.63) is 60.4 Å². The molecule has 4 rings (SSSR count). The number of hydrogen-bond donors (Lipinski definition) is 2. The zero-order chi connectivity index (χ0) is 22.9. The number of thiophene rings is 1. The lowest BCUT2D eigenvalue weighted by Gasteiger charge is -2.05. The van der Waals surface area contributed by atoms with Gasteiger partial charge in [-0.1, -0.05) is 30.0 Å². The van der Waals surface area contributed by atoms with Crippen molar-refractivity contribution in [2.75, 3.05) is 6.26 Å². The molecule has 3 aromatic heterocycles. The highest BCUT2D eigenvalue weighted by atomic mass is 32.2. The van der Waals surface area contributed by atoms with E-state index in [-0.39, 0.29) is 10.2 Å². The predicted molar refractivity (Wildman–Crippen MR) is 130 cm³/mol. The highest BCUT2D eigenvalue weighted by Crippen LogP contribution is 2.33. The Balaban J connectivity index is 1.82. The fourth-order valence-corrected chi connectivity index (χ4v) is 6.18. The molecule has 0 aliphatic heterocycles. The molecule has 32 heavy (non-hydrogen) atoms. The Morgan fingerprint density at radius 3 is 2.66 bits per heavy atom. The first-order valence-corrected chi connectivity index (χ1v) is 12.8. The monoisotopic (exact) mass is 485 g/mol. The summed E-state index contributed by atoms with van der Waals surface area (Å²) in [7, 11) is -3.87. The number of thioether (sulfide) groups is 1. The van der Waals surface area contributed by atoms with Crippen LogP contribution in [0.3, 0.4) is 0 Å². The number of nitrogens with two attached hydrogens (primary N) is 2. The van der Waals surface area contributed by atoms with Crippen LogP contribution in [0.15, 0.2) is 74.4 Å². The molecule has 9 nitrogen and oxygen atoms in total. The molecule has 3 heterocycles. The average molecular weight is 486 g/mol. The molecule has 164 valence electrons. The molecule has 4 N–H and O–H groups in total. The fraction of sp³-hybridized carbons (Fsp3) is 0.100. The topological polar surface area (TPSA) is 142 Å². The molecule has 0 unspecified atom stereocenters. The fourth-order valence-electron chi connectivity index (χ4n) is 3.09. The van der Waals surface area contributed by atoms with Crippen LogP contribution in [0.1, 0.15) is 12.5 Å². The molecule has 0 aliphatic rings. The molecule has 0 bridgehead atoms. The van der Waals surface area contributed by atoms with Gasteiger partial charge in [-0.2, -0.15) is 13.5 Å². The molecule has 0 fully saturated rings. The Kier molecular flexibility index (Phi) is 6.00. The van der Waals surface area contributed by atoms with Gasteiger partial charge in [0.1, 0.15) is 4.21 Å². The van der Waals surface area contributed by atoms with E-state index in [0.29, 0.717) is 27.6 Å². The maximum Gasteiger partial charge on any atom is 0.277 e. The van der Waals surface area contributed by atoms with Crippen molar-refractivity contribution in [3.63, 3.8) is 0 Å². The van der Waals surface area contributed by atoms with Crippen molar-refractivity contribution in [2.45, 2.75) is 16.3 Å². The Morgan fingerprint density at radius 1 is 1.12 bits per heavy atom. The summed E-state index contributed by atoms with van der Waals surface area (Å²) < 4.78 is 28.5. The minimum atomic E-state index is -3.87.